The number of allylic oxidation sites excluding steroid dienone is 3. The Morgan fingerprint density at radius 3 is 2.85 bits per heavy atom. The Morgan fingerprint density at radius 1 is 1.31 bits per heavy atom. The van der Waals surface area contributed by atoms with Gasteiger partial charge in [0.15, 0.2) is 0 Å². The normalized spacial score (nSPS) is 13.6. The van der Waals surface area contributed by atoms with Crippen LogP contribution in [0.4, 0.5) is 0 Å². The van der Waals surface area contributed by atoms with Gasteiger partial charge in [-0.2, -0.15) is 0 Å². The standard InChI is InChI=1S/C10H10S.C2H6/c1-8-3-2-4-10-9(7-8)5-6-11-10;1-2/h2-3,5-7H,4H2,1H3;1-2H3. The van der Waals surface area contributed by atoms with Gasteiger partial charge in [0, 0.05) is 11.3 Å². The van der Waals surface area contributed by atoms with Crippen molar-refractivity contribution in [3.63, 3.8) is 0 Å². The second-order valence-electron chi connectivity index (χ2n) is 2.79. The van der Waals surface area contributed by atoms with Crippen LogP contribution in [0.2, 0.25) is 0 Å². The Balaban J connectivity index is 0.000000396. The highest BCUT2D eigenvalue weighted by atomic mass is 32.1. The molecule has 1 heterocycles. The summed E-state index contributed by atoms with van der Waals surface area (Å²) in [6.45, 7) is 6.14. The van der Waals surface area contributed by atoms with Gasteiger partial charge in [0.25, 0.3) is 0 Å². The summed E-state index contributed by atoms with van der Waals surface area (Å²) in [5.74, 6) is 0. The molecule has 0 saturated carbocycles. The molecule has 0 unspecified atom stereocenters. The van der Waals surface area contributed by atoms with E-state index >= 15 is 0 Å². The summed E-state index contributed by atoms with van der Waals surface area (Å²) in [5.41, 5.74) is 2.75. The number of rotatable bonds is 0. The molecule has 0 aromatic carbocycles. The summed E-state index contributed by atoms with van der Waals surface area (Å²) >= 11 is 1.84. The molecule has 1 aliphatic carbocycles. The molecule has 0 bridgehead atoms. The SMILES string of the molecule is CC.CC1=Cc2ccsc2CC=C1. The minimum Gasteiger partial charge on any atom is -0.148 e. The summed E-state index contributed by atoms with van der Waals surface area (Å²) in [6, 6.07) is 2.19. The van der Waals surface area contributed by atoms with E-state index in [1.165, 1.54) is 16.0 Å². The lowest BCUT2D eigenvalue weighted by atomic mass is 10.2. The first-order chi connectivity index (χ1) is 6.36. The predicted octanol–water partition coefficient (Wildman–Crippen LogP) is 4.29. The van der Waals surface area contributed by atoms with E-state index in [9.17, 15) is 0 Å². The molecule has 0 N–H and O–H groups in total. The molecule has 0 saturated heterocycles. The first-order valence-electron chi connectivity index (χ1n) is 4.77. The van der Waals surface area contributed by atoms with E-state index in [0.29, 0.717) is 0 Å². The summed E-state index contributed by atoms with van der Waals surface area (Å²) in [5, 5.41) is 2.16. The van der Waals surface area contributed by atoms with Crippen LogP contribution < -0.4 is 0 Å². The van der Waals surface area contributed by atoms with Crippen LogP contribution in [0.1, 0.15) is 31.2 Å². The van der Waals surface area contributed by atoms with E-state index in [1.807, 2.05) is 25.2 Å². The van der Waals surface area contributed by atoms with Gasteiger partial charge in [0.1, 0.15) is 0 Å². The van der Waals surface area contributed by atoms with E-state index < -0.39 is 0 Å². The highest BCUT2D eigenvalue weighted by Gasteiger charge is 2.02. The first kappa shape index (κ1) is 10.3. The zero-order valence-electron chi connectivity index (χ0n) is 8.50. The van der Waals surface area contributed by atoms with Crippen LogP contribution >= 0.6 is 11.3 Å². The van der Waals surface area contributed by atoms with Crippen LogP contribution in [0.25, 0.3) is 6.08 Å². The average Bonchev–Trinajstić information content (AvgIpc) is 2.50. The number of hydrogen-bond donors (Lipinski definition) is 0. The molecule has 13 heavy (non-hydrogen) atoms. The Bertz CT molecular complexity index is 316. The second-order valence-corrected chi connectivity index (χ2v) is 3.79. The molecule has 1 aromatic rings. The van der Waals surface area contributed by atoms with Crippen molar-refractivity contribution in [2.45, 2.75) is 27.2 Å². The quantitative estimate of drug-likeness (QED) is 0.575. The summed E-state index contributed by atoms with van der Waals surface area (Å²) in [6.07, 6.45) is 7.76. The fourth-order valence-corrected chi connectivity index (χ4v) is 2.12. The van der Waals surface area contributed by atoms with Gasteiger partial charge in [0.05, 0.1) is 0 Å². The number of hydrogen-bond acceptors (Lipinski definition) is 1. The monoisotopic (exact) mass is 192 g/mol. The summed E-state index contributed by atoms with van der Waals surface area (Å²) in [7, 11) is 0. The maximum atomic E-state index is 2.25. The van der Waals surface area contributed by atoms with Gasteiger partial charge in [-0.3, -0.25) is 0 Å². The zero-order valence-corrected chi connectivity index (χ0v) is 9.32. The second kappa shape index (κ2) is 5.03. The molecule has 1 aliphatic rings. The third-order valence-corrected chi connectivity index (χ3v) is 2.81. The molecule has 2 rings (SSSR count). The van der Waals surface area contributed by atoms with Gasteiger partial charge in [-0.25, -0.2) is 0 Å². The van der Waals surface area contributed by atoms with E-state index in [2.05, 4.69) is 36.6 Å². The topological polar surface area (TPSA) is 0 Å². The lowest BCUT2D eigenvalue weighted by Crippen LogP contribution is -1.74. The summed E-state index contributed by atoms with van der Waals surface area (Å²) < 4.78 is 0. The van der Waals surface area contributed by atoms with Crippen molar-refractivity contribution in [1.29, 1.82) is 0 Å². The molecule has 0 amide bonds. The van der Waals surface area contributed by atoms with Gasteiger partial charge < -0.3 is 0 Å². The molecule has 0 radical (unpaired) electrons. The maximum Gasteiger partial charge on any atom is 0.0155 e. The van der Waals surface area contributed by atoms with Crippen LogP contribution in [0.15, 0.2) is 29.2 Å². The lowest BCUT2D eigenvalue weighted by Gasteiger charge is -1.90. The van der Waals surface area contributed by atoms with Crippen molar-refractivity contribution >= 4 is 17.4 Å². The zero-order chi connectivity index (χ0) is 9.68. The molecule has 70 valence electrons. The van der Waals surface area contributed by atoms with Gasteiger partial charge in [-0.05, 0) is 23.9 Å². The van der Waals surface area contributed by atoms with Crippen molar-refractivity contribution in [2.75, 3.05) is 0 Å². The van der Waals surface area contributed by atoms with Crippen molar-refractivity contribution < 1.29 is 0 Å². The minimum absolute atomic E-state index is 1.10. The number of fused-ring (bicyclic) bond motifs is 1. The van der Waals surface area contributed by atoms with E-state index in [4.69, 9.17) is 0 Å². The molecular formula is C12H16S. The molecule has 0 aliphatic heterocycles. The van der Waals surface area contributed by atoms with E-state index in [0.717, 1.165) is 6.42 Å². The van der Waals surface area contributed by atoms with Crippen LogP contribution in [-0.2, 0) is 6.42 Å². The molecule has 0 atom stereocenters. The predicted molar refractivity (Wildman–Crippen MR) is 62.2 cm³/mol. The average molecular weight is 192 g/mol. The number of thiophene rings is 1. The van der Waals surface area contributed by atoms with Gasteiger partial charge >= 0.3 is 0 Å². The van der Waals surface area contributed by atoms with Crippen LogP contribution in [0.3, 0.4) is 0 Å². The fraction of sp³-hybridized carbons (Fsp3) is 0.333. The van der Waals surface area contributed by atoms with Crippen molar-refractivity contribution in [2.24, 2.45) is 0 Å². The smallest absolute Gasteiger partial charge is 0.0155 e. The fourth-order valence-electron chi connectivity index (χ4n) is 1.29. The molecule has 0 spiro atoms. The van der Waals surface area contributed by atoms with E-state index in [1.54, 1.807) is 0 Å². The molecule has 0 fully saturated rings. The van der Waals surface area contributed by atoms with Crippen molar-refractivity contribution in [1.82, 2.24) is 0 Å². The Labute approximate surface area is 84.6 Å². The lowest BCUT2D eigenvalue weighted by molar-refractivity contribution is 1.34. The molecular weight excluding hydrogens is 176 g/mol. The Hall–Kier alpha value is -0.820. The summed E-state index contributed by atoms with van der Waals surface area (Å²) in [4.78, 5) is 1.48. The van der Waals surface area contributed by atoms with Gasteiger partial charge in [-0.15, -0.1) is 11.3 Å². The van der Waals surface area contributed by atoms with Gasteiger partial charge in [-0.1, -0.05) is 37.6 Å². The minimum atomic E-state index is 1.10. The highest BCUT2D eigenvalue weighted by molar-refractivity contribution is 7.10. The first-order valence-corrected chi connectivity index (χ1v) is 5.65. The molecule has 1 aromatic heterocycles. The largest absolute Gasteiger partial charge is 0.148 e. The van der Waals surface area contributed by atoms with Crippen molar-refractivity contribution in [3.8, 4) is 0 Å². The highest BCUT2D eigenvalue weighted by Crippen LogP contribution is 2.23. The maximum absolute atomic E-state index is 2.25. The third kappa shape index (κ3) is 2.56. The molecule has 1 heteroatoms. The van der Waals surface area contributed by atoms with Crippen LogP contribution in [-0.4, -0.2) is 0 Å². The Morgan fingerprint density at radius 2 is 2.08 bits per heavy atom. The van der Waals surface area contributed by atoms with Crippen LogP contribution in [0, 0.1) is 0 Å². The Kier molecular flexibility index (Phi) is 3.97. The van der Waals surface area contributed by atoms with Gasteiger partial charge in [0.2, 0.25) is 0 Å². The van der Waals surface area contributed by atoms with Crippen molar-refractivity contribution in [3.05, 3.63) is 39.6 Å². The van der Waals surface area contributed by atoms with E-state index in [-0.39, 0.29) is 0 Å². The molecule has 0 nitrogen and oxygen atoms in total. The third-order valence-electron chi connectivity index (χ3n) is 1.85. The van der Waals surface area contributed by atoms with Crippen LogP contribution in [0.5, 0.6) is 0 Å².